The molecule has 2 aromatic rings. The zero-order chi connectivity index (χ0) is 30.7. The summed E-state index contributed by atoms with van der Waals surface area (Å²) in [5.41, 5.74) is 6.77. The maximum atomic E-state index is 15.6. The van der Waals surface area contributed by atoms with E-state index in [9.17, 15) is 25.0 Å². The van der Waals surface area contributed by atoms with Crippen molar-refractivity contribution < 1.29 is 42.4 Å². The number of allylic oxidation sites excluding steroid dienone is 1. The van der Waals surface area contributed by atoms with Crippen LogP contribution in [0.1, 0.15) is 27.2 Å². The third-order valence-corrected chi connectivity index (χ3v) is 8.80. The monoisotopic (exact) mass is 621 g/mol. The summed E-state index contributed by atoms with van der Waals surface area (Å²) in [6.45, 7) is 0.164. The van der Waals surface area contributed by atoms with Gasteiger partial charge in [0.05, 0.1) is 19.1 Å². The van der Waals surface area contributed by atoms with Gasteiger partial charge in [0.1, 0.15) is 17.9 Å². The van der Waals surface area contributed by atoms with Crippen LogP contribution >= 0.6 is 6.64 Å². The van der Waals surface area contributed by atoms with Gasteiger partial charge in [0, 0.05) is 11.1 Å². The molecule has 6 atom stereocenters. The number of aliphatic hydroxyl groups excluding tert-OH is 1. The van der Waals surface area contributed by atoms with Crippen molar-refractivity contribution in [1.29, 1.82) is 0 Å². The number of alkyl halides is 1. The summed E-state index contributed by atoms with van der Waals surface area (Å²) in [7, 11) is 0. The van der Waals surface area contributed by atoms with Gasteiger partial charge in [-0.3, -0.25) is 19.3 Å². The minimum atomic E-state index is -3.78. The highest BCUT2D eigenvalue weighted by atomic mass is 32.5. The van der Waals surface area contributed by atoms with Gasteiger partial charge in [0.15, 0.2) is 18.2 Å². The number of nitrogens with zero attached hydrogens (tertiary/aromatic N) is 4. The molecule has 0 spiro atoms. The Kier molecular flexibility index (Phi) is 9.63. The molecule has 2 aliphatic heterocycles. The first-order valence-electron chi connectivity index (χ1n) is 12.9. The number of carbonyl (C=O) groups is 3. The van der Waals surface area contributed by atoms with Gasteiger partial charge in [-0.15, -0.1) is 0 Å². The number of carbonyl (C=O) groups excluding carboxylic acids is 3. The fraction of sp³-hybridized carbons (Fsp3) is 0.423. The van der Waals surface area contributed by atoms with E-state index in [0.717, 1.165) is 27.9 Å². The molecule has 0 bridgehead atoms. The fourth-order valence-electron chi connectivity index (χ4n) is 4.30. The zero-order valence-electron chi connectivity index (χ0n) is 22.8. The van der Waals surface area contributed by atoms with Gasteiger partial charge in [0.25, 0.3) is 0 Å². The summed E-state index contributed by atoms with van der Waals surface area (Å²) in [6, 6.07) is 11.5. The molecule has 1 unspecified atom stereocenters. The van der Waals surface area contributed by atoms with Crippen molar-refractivity contribution in [2.24, 2.45) is 5.11 Å². The Labute approximate surface area is 245 Å². The first-order chi connectivity index (χ1) is 19.9. The molecule has 0 saturated carbocycles. The lowest BCUT2D eigenvalue weighted by Gasteiger charge is -2.32. The van der Waals surface area contributed by atoms with Crippen LogP contribution in [-0.2, 0) is 40.2 Å². The molecule has 1 saturated heterocycles. The molecule has 2 aromatic carbocycles. The van der Waals surface area contributed by atoms with Crippen molar-refractivity contribution in [3.8, 4) is 5.75 Å². The van der Waals surface area contributed by atoms with Gasteiger partial charge in [-0.05, 0) is 67.1 Å². The molecule has 42 heavy (non-hydrogen) atoms. The molecule has 2 heterocycles. The number of halogens is 1. The molecule has 0 aliphatic carbocycles. The number of hydrogen-bond donors (Lipinski definition) is 2. The van der Waals surface area contributed by atoms with Crippen LogP contribution in [-0.4, -0.2) is 70.6 Å². The van der Waals surface area contributed by atoms with Gasteiger partial charge < -0.3 is 23.6 Å². The van der Waals surface area contributed by atoms with E-state index in [1.165, 1.54) is 6.92 Å². The van der Waals surface area contributed by atoms with Crippen LogP contribution in [0, 0.1) is 0 Å². The van der Waals surface area contributed by atoms with E-state index in [2.05, 4.69) is 15.1 Å². The average Bonchev–Trinajstić information content (AvgIpc) is 3.17. The Balaban J connectivity index is 1.63. The maximum absolute atomic E-state index is 15.6. The molecule has 2 N–H and O–H groups in total. The number of ketones is 1. The second kappa shape index (κ2) is 12.8. The van der Waals surface area contributed by atoms with Crippen molar-refractivity contribution in [2.75, 3.05) is 6.61 Å². The number of nitrogens with one attached hydrogen (secondary N) is 1. The van der Waals surface area contributed by atoms with Crippen molar-refractivity contribution in [1.82, 2.24) is 9.99 Å². The smallest absolute Gasteiger partial charge is 0.323 e. The highest BCUT2D eigenvalue weighted by Crippen LogP contribution is 2.49. The summed E-state index contributed by atoms with van der Waals surface area (Å²) in [5, 5.41) is 18.6. The van der Waals surface area contributed by atoms with E-state index in [-0.39, 0.29) is 5.75 Å². The molecular formula is C26H29FN5O8PS. The minimum Gasteiger partial charge on any atom is -0.462 e. The zero-order valence-corrected chi connectivity index (χ0v) is 24.5. The Morgan fingerprint density at radius 1 is 1.31 bits per heavy atom. The van der Waals surface area contributed by atoms with Crippen molar-refractivity contribution >= 4 is 46.9 Å². The molecule has 224 valence electrons. The van der Waals surface area contributed by atoms with Crippen LogP contribution in [0.15, 0.2) is 59.9 Å². The summed E-state index contributed by atoms with van der Waals surface area (Å²) in [5.74, 6) is -1.62. The van der Waals surface area contributed by atoms with Gasteiger partial charge in [0.2, 0.25) is 11.6 Å². The summed E-state index contributed by atoms with van der Waals surface area (Å²) in [6.07, 6.45) is -4.81. The summed E-state index contributed by atoms with van der Waals surface area (Å²) < 4.78 is 38.4. The first kappa shape index (κ1) is 31.5. The standard InChI is InChI=1S/C26H29FN5O8PS/c1-15(2)38-25(36)16(3)29-41(42,40-20-9-8-17-6-4-5-7-18(17)12-20)37-14-26(30-31-28)23(27)22(35)24(39-26)32-11-10-19(33)13-21(32)34/h4-12,15-16,22-24,35H,13-14H2,1-3H3,(H,29,42)/t16-,22+,23-,24+,26+,41?/m0/s1. The number of azide groups is 1. The molecule has 1 amide bonds. The molecule has 0 radical (unpaired) electrons. The Morgan fingerprint density at radius 3 is 2.69 bits per heavy atom. The second-order valence-electron chi connectivity index (χ2n) is 9.90. The van der Waals surface area contributed by atoms with E-state index in [0.29, 0.717) is 0 Å². The number of esters is 1. The predicted octanol–water partition coefficient (Wildman–Crippen LogP) is 3.77. The number of rotatable bonds is 11. The topological polar surface area (TPSA) is 172 Å². The molecule has 13 nitrogen and oxygen atoms in total. The third-order valence-electron chi connectivity index (χ3n) is 6.32. The lowest BCUT2D eigenvalue weighted by Crippen LogP contribution is -2.45. The van der Waals surface area contributed by atoms with Crippen LogP contribution in [0.4, 0.5) is 4.39 Å². The van der Waals surface area contributed by atoms with Crippen LogP contribution < -0.4 is 9.61 Å². The first-order valence-corrected chi connectivity index (χ1v) is 15.5. The number of ether oxygens (including phenoxy) is 2. The van der Waals surface area contributed by atoms with Gasteiger partial charge in [-0.2, -0.15) is 0 Å². The average molecular weight is 622 g/mol. The van der Waals surface area contributed by atoms with Gasteiger partial charge >= 0.3 is 12.6 Å². The highest BCUT2D eigenvalue weighted by Gasteiger charge is 2.59. The molecule has 4 rings (SSSR count). The SMILES string of the molecule is CC(C)OC(=O)[C@H](C)NP(=S)(OC[C@@]1(N=[N+]=[N-])O[C@@H](N2C=CC(=O)CC2=O)[C@H](O)[C@@H]1F)Oc1ccc2ccccc2c1. The molecule has 16 heteroatoms. The Bertz CT molecular complexity index is 1500. The van der Waals surface area contributed by atoms with E-state index >= 15 is 4.39 Å². The largest absolute Gasteiger partial charge is 0.462 e. The molecule has 2 aliphatic rings. The lowest BCUT2D eigenvalue weighted by atomic mass is 10.1. The summed E-state index contributed by atoms with van der Waals surface area (Å²) >= 11 is 5.70. The minimum absolute atomic E-state index is 0.266. The number of hydrogen-bond acceptors (Lipinski definition) is 10. The molecule has 1 fully saturated rings. The quantitative estimate of drug-likeness (QED) is 0.0939. The van der Waals surface area contributed by atoms with E-state index < -0.39 is 73.7 Å². The fourth-order valence-corrected chi connectivity index (χ4v) is 6.70. The second-order valence-corrected chi connectivity index (χ2v) is 13.0. The number of aliphatic hydroxyl groups is 1. The van der Waals surface area contributed by atoms with Gasteiger partial charge in [-0.25, -0.2) is 9.48 Å². The maximum Gasteiger partial charge on any atom is 0.323 e. The van der Waals surface area contributed by atoms with Crippen LogP contribution in [0.3, 0.4) is 0 Å². The van der Waals surface area contributed by atoms with Crippen molar-refractivity contribution in [3.63, 3.8) is 0 Å². The van der Waals surface area contributed by atoms with E-state index in [1.54, 1.807) is 32.0 Å². The third kappa shape index (κ3) is 6.96. The number of amides is 1. The normalized spacial score (nSPS) is 26.1. The van der Waals surface area contributed by atoms with Crippen LogP contribution in [0.5, 0.6) is 5.75 Å². The molecular weight excluding hydrogens is 592 g/mol. The predicted molar refractivity (Wildman–Crippen MR) is 152 cm³/mol. The van der Waals surface area contributed by atoms with Crippen LogP contribution in [0.2, 0.25) is 0 Å². The summed E-state index contributed by atoms with van der Waals surface area (Å²) in [4.78, 5) is 40.1. The lowest BCUT2D eigenvalue weighted by molar-refractivity contribution is -0.157. The molecule has 0 aromatic heterocycles. The Morgan fingerprint density at radius 2 is 2.02 bits per heavy atom. The van der Waals surface area contributed by atoms with Crippen LogP contribution in [0.25, 0.3) is 21.2 Å². The van der Waals surface area contributed by atoms with E-state index in [1.807, 2.05) is 24.3 Å². The van der Waals surface area contributed by atoms with E-state index in [4.69, 9.17) is 30.3 Å². The highest BCUT2D eigenvalue weighted by molar-refractivity contribution is 8.09. The number of benzene rings is 2. The Hall–Kier alpha value is -3.42. The van der Waals surface area contributed by atoms with Gasteiger partial charge in [-0.1, -0.05) is 35.4 Å². The number of fused-ring (bicyclic) bond motifs is 1. The van der Waals surface area contributed by atoms with Crippen molar-refractivity contribution in [3.05, 3.63) is 65.2 Å². The van der Waals surface area contributed by atoms with Crippen molar-refractivity contribution in [2.45, 2.75) is 63.6 Å².